The molecule has 1 amide bonds. The maximum absolute atomic E-state index is 13.2. The number of halogens is 1. The fourth-order valence-electron chi connectivity index (χ4n) is 3.58. The van der Waals surface area contributed by atoms with Crippen molar-refractivity contribution in [3.8, 4) is 5.75 Å². The number of methoxy groups -OCH3 is 1. The van der Waals surface area contributed by atoms with Gasteiger partial charge >= 0.3 is 0 Å². The molecule has 1 fully saturated rings. The molecule has 2 unspecified atom stereocenters. The van der Waals surface area contributed by atoms with E-state index >= 15 is 0 Å². The molecule has 1 aliphatic rings. The smallest absolute Gasteiger partial charge is 0.246 e. The number of anilines is 1. The number of hydrogen-bond acceptors (Lipinski definition) is 3. The lowest BCUT2D eigenvalue weighted by atomic mass is 9.95. The molecule has 1 aliphatic heterocycles. The van der Waals surface area contributed by atoms with E-state index in [0.29, 0.717) is 22.4 Å². The molecule has 1 N–H and O–H groups in total. The van der Waals surface area contributed by atoms with E-state index in [4.69, 9.17) is 16.3 Å². The monoisotopic (exact) mass is 372 g/mol. The summed E-state index contributed by atoms with van der Waals surface area (Å²) in [6.45, 7) is 4.10. The van der Waals surface area contributed by atoms with Crippen LogP contribution in [0.3, 0.4) is 0 Å². The van der Waals surface area contributed by atoms with E-state index in [2.05, 4.69) is 17.1 Å². The van der Waals surface area contributed by atoms with Crippen LogP contribution >= 0.6 is 11.6 Å². The number of piperidine rings is 1. The minimum Gasteiger partial charge on any atom is -0.495 e. The van der Waals surface area contributed by atoms with Crippen molar-refractivity contribution in [2.45, 2.75) is 25.8 Å². The number of amides is 1. The number of likely N-dealkylation sites (tertiary alicyclic amines) is 1. The third-order valence-electron chi connectivity index (χ3n) is 4.84. The summed E-state index contributed by atoms with van der Waals surface area (Å²) in [6, 6.07) is 15.0. The Balaban J connectivity index is 1.84. The van der Waals surface area contributed by atoms with Gasteiger partial charge in [-0.3, -0.25) is 9.69 Å². The third-order valence-corrected chi connectivity index (χ3v) is 5.13. The molecule has 138 valence electrons. The van der Waals surface area contributed by atoms with Crippen LogP contribution in [-0.2, 0) is 4.79 Å². The Kier molecular flexibility index (Phi) is 6.17. The second-order valence-corrected chi connectivity index (χ2v) is 7.30. The van der Waals surface area contributed by atoms with Crippen LogP contribution in [0.5, 0.6) is 5.75 Å². The highest BCUT2D eigenvalue weighted by atomic mass is 35.5. The Morgan fingerprint density at radius 3 is 2.69 bits per heavy atom. The maximum Gasteiger partial charge on any atom is 0.246 e. The number of carbonyl (C=O) groups excluding carboxylic acids is 1. The van der Waals surface area contributed by atoms with Crippen molar-refractivity contribution in [3.05, 3.63) is 59.1 Å². The summed E-state index contributed by atoms with van der Waals surface area (Å²) in [6.07, 6.45) is 2.33. The highest BCUT2D eigenvalue weighted by Crippen LogP contribution is 2.30. The average Bonchev–Trinajstić information content (AvgIpc) is 2.63. The fourth-order valence-corrected chi connectivity index (χ4v) is 3.84. The topological polar surface area (TPSA) is 41.6 Å². The molecule has 0 aliphatic carbocycles. The van der Waals surface area contributed by atoms with Crippen molar-refractivity contribution in [1.82, 2.24) is 4.90 Å². The summed E-state index contributed by atoms with van der Waals surface area (Å²) in [5.41, 5.74) is 1.69. The van der Waals surface area contributed by atoms with Crippen molar-refractivity contribution in [1.29, 1.82) is 0 Å². The molecule has 0 bridgehead atoms. The summed E-state index contributed by atoms with van der Waals surface area (Å²) in [4.78, 5) is 15.4. The van der Waals surface area contributed by atoms with Crippen LogP contribution in [0.15, 0.2) is 48.5 Å². The van der Waals surface area contributed by atoms with Gasteiger partial charge in [-0.1, -0.05) is 48.9 Å². The molecule has 2 aromatic carbocycles. The summed E-state index contributed by atoms with van der Waals surface area (Å²) < 4.78 is 5.18. The van der Waals surface area contributed by atoms with Gasteiger partial charge in [0.15, 0.2) is 0 Å². The van der Waals surface area contributed by atoms with Crippen LogP contribution in [0.25, 0.3) is 0 Å². The van der Waals surface area contributed by atoms with Gasteiger partial charge in [-0.25, -0.2) is 0 Å². The molecule has 2 aromatic rings. The number of nitrogens with zero attached hydrogens (tertiary/aromatic N) is 1. The van der Waals surface area contributed by atoms with Crippen molar-refractivity contribution < 1.29 is 9.53 Å². The molecule has 3 rings (SSSR count). The third kappa shape index (κ3) is 4.37. The predicted octanol–water partition coefficient (Wildman–Crippen LogP) is 4.76. The first-order valence-corrected chi connectivity index (χ1v) is 9.39. The molecule has 26 heavy (non-hydrogen) atoms. The van der Waals surface area contributed by atoms with Crippen LogP contribution < -0.4 is 10.1 Å². The molecular weight excluding hydrogens is 348 g/mol. The summed E-state index contributed by atoms with van der Waals surface area (Å²) >= 11 is 6.19. The van der Waals surface area contributed by atoms with Gasteiger partial charge in [0.05, 0.1) is 12.1 Å². The molecule has 2 atom stereocenters. The number of rotatable bonds is 5. The van der Waals surface area contributed by atoms with Gasteiger partial charge in [0.25, 0.3) is 0 Å². The number of carbonyl (C=O) groups is 1. The minimum atomic E-state index is -0.306. The van der Waals surface area contributed by atoms with E-state index in [1.165, 1.54) is 6.42 Å². The molecule has 0 radical (unpaired) electrons. The van der Waals surface area contributed by atoms with E-state index < -0.39 is 0 Å². The lowest BCUT2D eigenvalue weighted by Crippen LogP contribution is -2.42. The lowest BCUT2D eigenvalue weighted by molar-refractivity contribution is -0.122. The first kappa shape index (κ1) is 18.7. The van der Waals surface area contributed by atoms with Gasteiger partial charge in [-0.15, -0.1) is 0 Å². The predicted molar refractivity (Wildman–Crippen MR) is 106 cm³/mol. The molecule has 4 nitrogen and oxygen atoms in total. The quantitative estimate of drug-likeness (QED) is 0.822. The molecule has 1 heterocycles. The van der Waals surface area contributed by atoms with E-state index in [1.807, 2.05) is 36.4 Å². The second kappa shape index (κ2) is 8.56. The number of ether oxygens (including phenoxy) is 1. The summed E-state index contributed by atoms with van der Waals surface area (Å²) in [5.74, 6) is 1.15. The zero-order valence-electron chi connectivity index (χ0n) is 15.2. The average molecular weight is 373 g/mol. The van der Waals surface area contributed by atoms with E-state index in [0.717, 1.165) is 25.1 Å². The number of nitrogens with one attached hydrogen (secondary N) is 1. The van der Waals surface area contributed by atoms with Crippen LogP contribution in [0.1, 0.15) is 31.4 Å². The van der Waals surface area contributed by atoms with E-state index in [-0.39, 0.29) is 11.9 Å². The van der Waals surface area contributed by atoms with Crippen molar-refractivity contribution in [2.75, 3.05) is 25.5 Å². The van der Waals surface area contributed by atoms with Crippen LogP contribution in [0.4, 0.5) is 5.69 Å². The minimum absolute atomic E-state index is 0.0356. The first-order valence-electron chi connectivity index (χ1n) is 9.02. The zero-order valence-corrected chi connectivity index (χ0v) is 16.0. The standard InChI is InChI=1S/C21H25ClN2O2/c1-15-7-6-12-24(14-15)20(16-8-4-3-5-9-16)21(25)23-17-10-11-19(26-2)18(22)13-17/h3-5,8-11,13,15,20H,6-7,12,14H2,1-2H3,(H,23,25). The van der Waals surface area contributed by atoms with Crippen LogP contribution in [0.2, 0.25) is 5.02 Å². The molecule has 0 saturated carbocycles. The Bertz CT molecular complexity index is 751. The van der Waals surface area contributed by atoms with Gasteiger partial charge in [-0.2, -0.15) is 0 Å². The summed E-state index contributed by atoms with van der Waals surface area (Å²) in [7, 11) is 1.57. The molecule has 1 saturated heterocycles. The lowest BCUT2D eigenvalue weighted by Gasteiger charge is -2.36. The molecule has 5 heteroatoms. The second-order valence-electron chi connectivity index (χ2n) is 6.89. The zero-order chi connectivity index (χ0) is 18.5. The van der Waals surface area contributed by atoms with Gasteiger partial charge in [0.2, 0.25) is 5.91 Å². The molecular formula is C21H25ClN2O2. The Hall–Kier alpha value is -2.04. The number of hydrogen-bond donors (Lipinski definition) is 1. The first-order chi connectivity index (χ1) is 12.6. The highest BCUT2D eigenvalue weighted by molar-refractivity contribution is 6.32. The largest absolute Gasteiger partial charge is 0.495 e. The summed E-state index contributed by atoms with van der Waals surface area (Å²) in [5, 5.41) is 3.50. The van der Waals surface area contributed by atoms with E-state index in [1.54, 1.807) is 19.2 Å². The van der Waals surface area contributed by atoms with Gasteiger partial charge < -0.3 is 10.1 Å². The van der Waals surface area contributed by atoms with Crippen molar-refractivity contribution in [3.63, 3.8) is 0 Å². The Morgan fingerprint density at radius 1 is 1.27 bits per heavy atom. The normalized spacial score (nSPS) is 19.0. The maximum atomic E-state index is 13.2. The Morgan fingerprint density at radius 2 is 2.04 bits per heavy atom. The van der Waals surface area contributed by atoms with Crippen LogP contribution in [-0.4, -0.2) is 31.0 Å². The SMILES string of the molecule is COc1ccc(NC(=O)C(c2ccccc2)N2CCCC(C)C2)cc1Cl. The van der Waals surface area contributed by atoms with Crippen molar-refractivity contribution in [2.24, 2.45) is 5.92 Å². The molecule has 0 aromatic heterocycles. The van der Waals surface area contributed by atoms with Gasteiger partial charge in [0, 0.05) is 12.2 Å². The van der Waals surface area contributed by atoms with Crippen molar-refractivity contribution >= 4 is 23.2 Å². The molecule has 0 spiro atoms. The Labute approximate surface area is 160 Å². The number of benzene rings is 2. The van der Waals surface area contributed by atoms with E-state index in [9.17, 15) is 4.79 Å². The van der Waals surface area contributed by atoms with Crippen LogP contribution in [0, 0.1) is 5.92 Å². The fraction of sp³-hybridized carbons (Fsp3) is 0.381. The van der Waals surface area contributed by atoms with Gasteiger partial charge in [0.1, 0.15) is 11.8 Å². The van der Waals surface area contributed by atoms with Gasteiger partial charge in [-0.05, 0) is 49.1 Å². The highest BCUT2D eigenvalue weighted by Gasteiger charge is 2.30.